The van der Waals surface area contributed by atoms with Gasteiger partial charge in [-0.3, -0.25) is 0 Å². The lowest BCUT2D eigenvalue weighted by Gasteiger charge is -2.30. The maximum atomic E-state index is 5.41. The van der Waals surface area contributed by atoms with Gasteiger partial charge in [-0.25, -0.2) is 19.9 Å². The smallest absolute Gasteiger partial charge is 0.164 e. The van der Waals surface area contributed by atoms with Crippen LogP contribution in [0.15, 0.2) is 206 Å². The molecule has 1 atom stereocenters. The molecule has 0 radical (unpaired) electrons. The van der Waals surface area contributed by atoms with Crippen LogP contribution < -0.4 is 0 Å². The van der Waals surface area contributed by atoms with Crippen molar-refractivity contribution in [2.75, 3.05) is 0 Å². The molecular weight excluding hydrogens is 717 g/mol. The fourth-order valence-electron chi connectivity index (χ4n) is 9.55. The molecule has 2 aliphatic rings. The van der Waals surface area contributed by atoms with E-state index in [1.807, 2.05) is 18.2 Å². The second-order valence-electron chi connectivity index (χ2n) is 15.3. The van der Waals surface area contributed by atoms with Gasteiger partial charge in [0, 0.05) is 27.8 Å². The summed E-state index contributed by atoms with van der Waals surface area (Å²) in [6, 6.07) is 73.2. The lowest BCUT2D eigenvalue weighted by atomic mass is 9.70. The van der Waals surface area contributed by atoms with Crippen molar-refractivity contribution in [1.29, 1.82) is 0 Å². The van der Waals surface area contributed by atoms with Crippen LogP contribution >= 0.6 is 0 Å². The van der Waals surface area contributed by atoms with Crippen LogP contribution in [0.3, 0.4) is 0 Å². The summed E-state index contributed by atoms with van der Waals surface area (Å²) in [5, 5.41) is 2.32. The van der Waals surface area contributed by atoms with Gasteiger partial charge in [-0.15, -0.1) is 0 Å². The highest BCUT2D eigenvalue weighted by Crippen LogP contribution is 2.63. The minimum atomic E-state index is -0.513. The van der Waals surface area contributed by atoms with Crippen LogP contribution in [0.5, 0.6) is 0 Å². The Balaban J connectivity index is 1.04. The van der Waals surface area contributed by atoms with Gasteiger partial charge in [0.2, 0.25) is 0 Å². The van der Waals surface area contributed by atoms with Gasteiger partial charge in [0.25, 0.3) is 0 Å². The molecule has 10 aromatic rings. The van der Waals surface area contributed by atoms with Gasteiger partial charge >= 0.3 is 0 Å². The van der Waals surface area contributed by atoms with E-state index in [4.69, 9.17) is 19.9 Å². The first-order valence-electron chi connectivity index (χ1n) is 20.1. The molecule has 0 fully saturated rings. The molecular formula is C55H34N4. The van der Waals surface area contributed by atoms with E-state index in [1.54, 1.807) is 0 Å². The molecule has 0 amide bonds. The second kappa shape index (κ2) is 13.1. The summed E-state index contributed by atoms with van der Waals surface area (Å²) in [5.41, 5.74) is 16.4. The van der Waals surface area contributed by atoms with E-state index in [9.17, 15) is 0 Å². The predicted octanol–water partition coefficient (Wildman–Crippen LogP) is 13.1. The Kier molecular flexibility index (Phi) is 7.41. The van der Waals surface area contributed by atoms with E-state index in [0.717, 1.165) is 44.6 Å². The number of aromatic nitrogens is 4. The summed E-state index contributed by atoms with van der Waals surface area (Å²) >= 11 is 0. The average molecular weight is 751 g/mol. The molecule has 59 heavy (non-hydrogen) atoms. The molecule has 2 heterocycles. The van der Waals surface area contributed by atoms with Crippen molar-refractivity contribution in [2.24, 2.45) is 0 Å². The average Bonchev–Trinajstić information content (AvgIpc) is 3.79. The number of hydrogen-bond acceptors (Lipinski definition) is 4. The van der Waals surface area contributed by atoms with Crippen LogP contribution in [-0.4, -0.2) is 19.9 Å². The van der Waals surface area contributed by atoms with Crippen LogP contribution in [-0.2, 0) is 5.41 Å². The highest BCUT2D eigenvalue weighted by Gasteiger charge is 2.52. The van der Waals surface area contributed by atoms with E-state index < -0.39 is 5.41 Å². The van der Waals surface area contributed by atoms with Crippen molar-refractivity contribution in [1.82, 2.24) is 19.9 Å². The zero-order valence-electron chi connectivity index (χ0n) is 31.9. The molecule has 8 aromatic carbocycles. The van der Waals surface area contributed by atoms with Crippen molar-refractivity contribution in [3.05, 3.63) is 229 Å². The molecule has 2 aliphatic carbocycles. The Morgan fingerprint density at radius 3 is 1.61 bits per heavy atom. The Hall–Kier alpha value is -7.82. The zero-order chi connectivity index (χ0) is 38.9. The lowest BCUT2D eigenvalue weighted by molar-refractivity contribution is 0.792. The van der Waals surface area contributed by atoms with E-state index in [0.29, 0.717) is 17.5 Å². The van der Waals surface area contributed by atoms with Crippen LogP contribution in [0.2, 0.25) is 0 Å². The SMILES string of the molecule is c1ccc(-c2ccc3c(n2)-c2ccccc2C32c3ccccc3-c3c(-c4cccc(-c5nc(-c6ccccc6)nc(-c6ccc7ccccc7c6)n5)c4)cccc32)cc1. The number of nitrogens with zero attached hydrogens (tertiary/aromatic N) is 4. The Morgan fingerprint density at radius 2 is 0.831 bits per heavy atom. The molecule has 0 saturated carbocycles. The van der Waals surface area contributed by atoms with Crippen molar-refractivity contribution < 1.29 is 0 Å². The first-order chi connectivity index (χ1) is 29.2. The number of rotatable bonds is 5. The maximum Gasteiger partial charge on any atom is 0.164 e. The fraction of sp³-hybridized carbons (Fsp3) is 0.0182. The third kappa shape index (κ3) is 5.10. The van der Waals surface area contributed by atoms with Gasteiger partial charge in [0.1, 0.15) is 0 Å². The maximum absolute atomic E-state index is 5.41. The van der Waals surface area contributed by atoms with Crippen LogP contribution in [0.4, 0.5) is 0 Å². The summed E-state index contributed by atoms with van der Waals surface area (Å²) in [4.78, 5) is 20.7. The van der Waals surface area contributed by atoms with E-state index in [-0.39, 0.29) is 0 Å². The largest absolute Gasteiger partial charge is 0.247 e. The van der Waals surface area contributed by atoms with E-state index >= 15 is 0 Å². The van der Waals surface area contributed by atoms with Crippen molar-refractivity contribution >= 4 is 10.8 Å². The van der Waals surface area contributed by atoms with Gasteiger partial charge in [0.15, 0.2) is 17.5 Å². The molecule has 0 saturated heterocycles. The van der Waals surface area contributed by atoms with E-state index in [2.05, 4.69) is 188 Å². The number of hydrogen-bond donors (Lipinski definition) is 0. The predicted molar refractivity (Wildman–Crippen MR) is 239 cm³/mol. The molecule has 1 spiro atoms. The summed E-state index contributed by atoms with van der Waals surface area (Å²) in [7, 11) is 0. The van der Waals surface area contributed by atoms with Gasteiger partial charge in [0.05, 0.1) is 16.8 Å². The first kappa shape index (κ1) is 33.3. The number of benzene rings is 8. The third-order valence-electron chi connectivity index (χ3n) is 12.1. The minimum absolute atomic E-state index is 0.513. The molecule has 4 heteroatoms. The van der Waals surface area contributed by atoms with Gasteiger partial charge in [-0.2, -0.15) is 0 Å². The summed E-state index contributed by atoms with van der Waals surface area (Å²) in [5.74, 6) is 1.92. The molecule has 1 unspecified atom stereocenters. The zero-order valence-corrected chi connectivity index (χ0v) is 31.9. The topological polar surface area (TPSA) is 51.6 Å². The molecule has 0 aliphatic heterocycles. The molecule has 0 N–H and O–H groups in total. The second-order valence-corrected chi connectivity index (χ2v) is 15.3. The van der Waals surface area contributed by atoms with Crippen LogP contribution in [0.1, 0.15) is 22.3 Å². The Morgan fingerprint density at radius 1 is 0.288 bits per heavy atom. The highest BCUT2D eigenvalue weighted by atomic mass is 15.0. The minimum Gasteiger partial charge on any atom is -0.247 e. The van der Waals surface area contributed by atoms with Crippen molar-refractivity contribution in [3.8, 4) is 78.9 Å². The van der Waals surface area contributed by atoms with Crippen LogP contribution in [0, 0.1) is 0 Å². The molecule has 2 aromatic heterocycles. The van der Waals surface area contributed by atoms with Crippen molar-refractivity contribution in [2.45, 2.75) is 5.41 Å². The number of fused-ring (bicyclic) bond motifs is 11. The molecule has 4 nitrogen and oxygen atoms in total. The molecule has 274 valence electrons. The quantitative estimate of drug-likeness (QED) is 0.176. The van der Waals surface area contributed by atoms with Crippen LogP contribution in [0.25, 0.3) is 89.7 Å². The van der Waals surface area contributed by atoms with Gasteiger partial charge < -0.3 is 0 Å². The van der Waals surface area contributed by atoms with Gasteiger partial charge in [-0.05, 0) is 73.5 Å². The molecule has 0 bridgehead atoms. The summed E-state index contributed by atoms with van der Waals surface area (Å²) in [6.07, 6.45) is 0. The monoisotopic (exact) mass is 750 g/mol. The summed E-state index contributed by atoms with van der Waals surface area (Å²) in [6.45, 7) is 0. The normalized spacial score (nSPS) is 14.5. The van der Waals surface area contributed by atoms with E-state index in [1.165, 1.54) is 49.9 Å². The van der Waals surface area contributed by atoms with Gasteiger partial charge in [-0.1, -0.05) is 188 Å². The van der Waals surface area contributed by atoms with Crippen molar-refractivity contribution in [3.63, 3.8) is 0 Å². The standard InChI is InChI=1S/C55H34N4/c1-3-16-36(17-4-1)49-32-31-48-51(56-49)44-24-10-12-27-46(44)55(48)45-26-11-9-23-43(45)50-42(25-14-28-47(50)55)39-21-13-22-40(34-39)53-57-52(37-18-5-2-6-19-37)58-54(59-53)41-30-29-35-15-7-8-20-38(35)33-41/h1-34H. The first-order valence-corrected chi connectivity index (χ1v) is 20.1. The molecule has 12 rings (SSSR count). The number of pyridine rings is 1. The highest BCUT2D eigenvalue weighted by molar-refractivity contribution is 6.00. The lowest BCUT2D eigenvalue weighted by Crippen LogP contribution is -2.25. The third-order valence-corrected chi connectivity index (χ3v) is 12.1. The summed E-state index contributed by atoms with van der Waals surface area (Å²) < 4.78 is 0. The Bertz CT molecular complexity index is 3280. The fourth-order valence-corrected chi connectivity index (χ4v) is 9.55. The Labute approximate surface area is 342 Å².